The van der Waals surface area contributed by atoms with E-state index in [2.05, 4.69) is 30.2 Å². The van der Waals surface area contributed by atoms with E-state index in [9.17, 15) is 0 Å². The largest absolute Gasteiger partial charge is 0.254 e. The second kappa shape index (κ2) is 4.32. The maximum atomic E-state index is 4.56. The van der Waals surface area contributed by atoms with Crippen LogP contribution in [0.1, 0.15) is 6.92 Å². The van der Waals surface area contributed by atoms with Crippen LogP contribution in [0.15, 0.2) is 37.2 Å². The fraction of sp³-hybridized carbons (Fsp3) is 0.143. The van der Waals surface area contributed by atoms with E-state index in [1.807, 2.05) is 30.1 Å². The summed E-state index contributed by atoms with van der Waals surface area (Å²) in [6.45, 7) is 2.78. The molecular formula is C14H11N9. The van der Waals surface area contributed by atoms with Crippen molar-refractivity contribution in [3.05, 3.63) is 37.2 Å². The maximum absolute atomic E-state index is 4.56. The standard InChI is InChI=1S/C14H11N9/c1-2-21-12-10(7-18-21)11-9(6-15-12)13(22-5-3-4-17-22)20-14-16-8-19-23(11)14/h3-8H,2H2,1H3. The lowest BCUT2D eigenvalue weighted by atomic mass is 10.2. The number of hydrogen-bond acceptors (Lipinski definition) is 6. The van der Waals surface area contributed by atoms with Crippen molar-refractivity contribution in [3.8, 4) is 5.82 Å². The van der Waals surface area contributed by atoms with Crippen molar-refractivity contribution in [2.45, 2.75) is 13.5 Å². The topological polar surface area (TPSA) is 91.6 Å². The molecule has 0 atom stereocenters. The number of pyridine rings is 1. The number of hydrogen-bond donors (Lipinski definition) is 0. The van der Waals surface area contributed by atoms with Gasteiger partial charge in [-0.1, -0.05) is 0 Å². The van der Waals surface area contributed by atoms with Crippen LogP contribution < -0.4 is 0 Å². The molecule has 23 heavy (non-hydrogen) atoms. The molecule has 0 saturated heterocycles. The molecule has 0 aromatic carbocycles. The molecular weight excluding hydrogens is 294 g/mol. The molecule has 5 rings (SSSR count). The summed E-state index contributed by atoms with van der Waals surface area (Å²) in [5, 5.41) is 14.7. The number of aromatic nitrogens is 9. The van der Waals surface area contributed by atoms with Crippen LogP contribution in [0.4, 0.5) is 0 Å². The van der Waals surface area contributed by atoms with Crippen molar-refractivity contribution < 1.29 is 0 Å². The second-order valence-corrected chi connectivity index (χ2v) is 5.08. The van der Waals surface area contributed by atoms with Gasteiger partial charge in [0.25, 0.3) is 5.78 Å². The first-order valence-electron chi connectivity index (χ1n) is 7.21. The van der Waals surface area contributed by atoms with Gasteiger partial charge in [-0.2, -0.15) is 29.8 Å². The molecule has 0 aliphatic carbocycles. The Labute approximate surface area is 129 Å². The van der Waals surface area contributed by atoms with Crippen LogP contribution in [-0.2, 0) is 6.54 Å². The summed E-state index contributed by atoms with van der Waals surface area (Å²) in [6.07, 6.45) is 8.64. The Morgan fingerprint density at radius 2 is 2.00 bits per heavy atom. The Morgan fingerprint density at radius 1 is 1.04 bits per heavy atom. The zero-order valence-corrected chi connectivity index (χ0v) is 12.2. The molecule has 0 N–H and O–H groups in total. The summed E-state index contributed by atoms with van der Waals surface area (Å²) in [4.78, 5) is 13.3. The average Bonchev–Trinajstić information content (AvgIpc) is 3.32. The van der Waals surface area contributed by atoms with Gasteiger partial charge >= 0.3 is 0 Å². The molecule has 5 aromatic heterocycles. The Kier molecular flexibility index (Phi) is 2.29. The van der Waals surface area contributed by atoms with Gasteiger partial charge in [-0.05, 0) is 13.0 Å². The van der Waals surface area contributed by atoms with E-state index in [4.69, 9.17) is 0 Å². The molecule has 0 amide bonds. The molecule has 0 unspecified atom stereocenters. The van der Waals surface area contributed by atoms with Gasteiger partial charge in [0.15, 0.2) is 11.5 Å². The highest BCUT2D eigenvalue weighted by atomic mass is 15.4. The fourth-order valence-corrected chi connectivity index (χ4v) is 2.83. The van der Waals surface area contributed by atoms with Gasteiger partial charge in [-0.15, -0.1) is 0 Å². The molecule has 0 aliphatic heterocycles. The van der Waals surface area contributed by atoms with Gasteiger partial charge in [0.2, 0.25) is 0 Å². The van der Waals surface area contributed by atoms with Crippen LogP contribution in [0.5, 0.6) is 0 Å². The zero-order valence-electron chi connectivity index (χ0n) is 12.2. The predicted octanol–water partition coefficient (Wildman–Crippen LogP) is 1.23. The lowest BCUT2D eigenvalue weighted by molar-refractivity contribution is 0.677. The molecule has 112 valence electrons. The lowest BCUT2D eigenvalue weighted by Crippen LogP contribution is -2.05. The van der Waals surface area contributed by atoms with Crippen molar-refractivity contribution in [3.63, 3.8) is 0 Å². The first kappa shape index (κ1) is 12.2. The fourth-order valence-electron chi connectivity index (χ4n) is 2.83. The van der Waals surface area contributed by atoms with Crippen molar-refractivity contribution in [2.75, 3.05) is 0 Å². The van der Waals surface area contributed by atoms with Crippen LogP contribution in [0.3, 0.4) is 0 Å². The monoisotopic (exact) mass is 305 g/mol. The molecule has 0 spiro atoms. The molecule has 9 nitrogen and oxygen atoms in total. The zero-order chi connectivity index (χ0) is 15.4. The summed E-state index contributed by atoms with van der Waals surface area (Å²) >= 11 is 0. The predicted molar refractivity (Wildman–Crippen MR) is 82.2 cm³/mol. The van der Waals surface area contributed by atoms with E-state index in [-0.39, 0.29) is 0 Å². The molecule has 0 fully saturated rings. The highest BCUT2D eigenvalue weighted by Gasteiger charge is 2.17. The van der Waals surface area contributed by atoms with E-state index in [1.165, 1.54) is 6.33 Å². The normalized spacial score (nSPS) is 11.9. The highest BCUT2D eigenvalue weighted by molar-refractivity contribution is 6.04. The molecule has 0 saturated carbocycles. The number of fused-ring (bicyclic) bond motifs is 5. The minimum absolute atomic E-state index is 0.514. The smallest absolute Gasteiger partial charge is 0.248 e. The minimum Gasteiger partial charge on any atom is -0.248 e. The first-order chi connectivity index (χ1) is 11.4. The van der Waals surface area contributed by atoms with Gasteiger partial charge in [0.05, 0.1) is 22.5 Å². The Balaban J connectivity index is 2.03. The second-order valence-electron chi connectivity index (χ2n) is 5.08. The van der Waals surface area contributed by atoms with E-state index in [1.54, 1.807) is 21.6 Å². The third-order valence-electron chi connectivity index (χ3n) is 3.85. The lowest BCUT2D eigenvalue weighted by Gasteiger charge is -2.08. The summed E-state index contributed by atoms with van der Waals surface area (Å²) in [6, 6.07) is 1.85. The Hall–Kier alpha value is -3.36. The maximum Gasteiger partial charge on any atom is 0.254 e. The average molecular weight is 305 g/mol. The SMILES string of the molecule is CCn1ncc2c1ncc1c(-n3cccn3)nc3ncnn3c12. The van der Waals surface area contributed by atoms with Gasteiger partial charge in [0, 0.05) is 25.1 Å². The Morgan fingerprint density at radius 3 is 2.83 bits per heavy atom. The first-order valence-corrected chi connectivity index (χ1v) is 7.21. The molecule has 5 aromatic rings. The third kappa shape index (κ3) is 1.55. The van der Waals surface area contributed by atoms with Crippen molar-refractivity contribution >= 4 is 27.7 Å². The van der Waals surface area contributed by atoms with Crippen LogP contribution in [0.25, 0.3) is 33.5 Å². The van der Waals surface area contributed by atoms with Crippen LogP contribution in [0.2, 0.25) is 0 Å². The van der Waals surface area contributed by atoms with Crippen molar-refractivity contribution in [2.24, 2.45) is 0 Å². The van der Waals surface area contributed by atoms with Crippen LogP contribution in [0, 0.1) is 0 Å². The Bertz CT molecular complexity index is 1150. The summed E-state index contributed by atoms with van der Waals surface area (Å²) in [5.74, 6) is 1.18. The van der Waals surface area contributed by atoms with Crippen LogP contribution in [-0.4, -0.2) is 44.1 Å². The molecule has 5 heterocycles. The van der Waals surface area contributed by atoms with Gasteiger partial charge in [-0.3, -0.25) is 0 Å². The van der Waals surface area contributed by atoms with Gasteiger partial charge in [0.1, 0.15) is 6.33 Å². The molecule has 0 bridgehead atoms. The van der Waals surface area contributed by atoms with E-state index in [0.717, 1.165) is 28.5 Å². The number of rotatable bonds is 2. The summed E-state index contributed by atoms with van der Waals surface area (Å²) < 4.78 is 5.27. The summed E-state index contributed by atoms with van der Waals surface area (Å²) in [7, 11) is 0. The third-order valence-corrected chi connectivity index (χ3v) is 3.85. The van der Waals surface area contributed by atoms with E-state index in [0.29, 0.717) is 11.6 Å². The van der Waals surface area contributed by atoms with Crippen molar-refractivity contribution in [1.29, 1.82) is 0 Å². The van der Waals surface area contributed by atoms with Gasteiger partial charge < -0.3 is 0 Å². The molecule has 0 radical (unpaired) electrons. The van der Waals surface area contributed by atoms with Crippen LogP contribution >= 0.6 is 0 Å². The quantitative estimate of drug-likeness (QED) is 0.487. The highest BCUT2D eigenvalue weighted by Crippen LogP contribution is 2.26. The summed E-state index contributed by atoms with van der Waals surface area (Å²) in [5.41, 5.74) is 1.69. The van der Waals surface area contributed by atoms with E-state index < -0.39 is 0 Å². The minimum atomic E-state index is 0.514. The number of aryl methyl sites for hydroxylation is 1. The van der Waals surface area contributed by atoms with Gasteiger partial charge in [-0.25, -0.2) is 14.3 Å². The van der Waals surface area contributed by atoms with Crippen molar-refractivity contribution in [1.82, 2.24) is 44.1 Å². The van der Waals surface area contributed by atoms with E-state index >= 15 is 0 Å². The molecule has 0 aliphatic rings. The number of nitrogens with zero attached hydrogens (tertiary/aromatic N) is 9. The molecule has 9 heteroatoms.